The van der Waals surface area contributed by atoms with Crippen molar-refractivity contribution in [1.29, 1.82) is 0 Å². The molecule has 0 fully saturated rings. The minimum atomic E-state index is -2.09. The standard InChI is InChI=1S/C16H14NO3P/c1-2-12-3-4-14(10-17-11-18)16(9-12)13-5-7-15(8-6-13)21(19)20/h1,3-9,11,19-20H,10H2,(H,17,18). The predicted molar refractivity (Wildman–Crippen MR) is 83.7 cm³/mol. The first-order valence-corrected chi connectivity index (χ1v) is 7.45. The average Bonchev–Trinajstić information content (AvgIpc) is 2.53. The Morgan fingerprint density at radius 3 is 2.48 bits per heavy atom. The Bertz CT molecular complexity index is 675. The first-order valence-electron chi connectivity index (χ1n) is 6.20. The number of terminal acetylenes is 1. The van der Waals surface area contributed by atoms with E-state index < -0.39 is 8.38 Å². The summed E-state index contributed by atoms with van der Waals surface area (Å²) in [5, 5.41) is 3.11. The molecule has 0 spiro atoms. The van der Waals surface area contributed by atoms with Crippen molar-refractivity contribution in [2.75, 3.05) is 0 Å². The molecule has 0 aromatic heterocycles. The van der Waals surface area contributed by atoms with Crippen LogP contribution in [0.2, 0.25) is 0 Å². The van der Waals surface area contributed by atoms with Crippen LogP contribution in [0.3, 0.4) is 0 Å². The van der Waals surface area contributed by atoms with Crippen LogP contribution in [0.4, 0.5) is 0 Å². The molecule has 1 amide bonds. The summed E-state index contributed by atoms with van der Waals surface area (Å²) in [5.74, 6) is 2.58. The van der Waals surface area contributed by atoms with Crippen molar-refractivity contribution in [2.45, 2.75) is 6.54 Å². The molecule has 0 radical (unpaired) electrons. The molecule has 106 valence electrons. The van der Waals surface area contributed by atoms with Gasteiger partial charge in [0.15, 0.2) is 8.38 Å². The van der Waals surface area contributed by atoms with Gasteiger partial charge in [0.1, 0.15) is 0 Å². The number of amides is 1. The van der Waals surface area contributed by atoms with E-state index in [-0.39, 0.29) is 0 Å². The highest BCUT2D eigenvalue weighted by Crippen LogP contribution is 2.27. The van der Waals surface area contributed by atoms with Gasteiger partial charge < -0.3 is 15.1 Å². The summed E-state index contributed by atoms with van der Waals surface area (Å²) in [6, 6.07) is 12.5. The lowest BCUT2D eigenvalue weighted by molar-refractivity contribution is -0.109. The smallest absolute Gasteiger partial charge is 0.207 e. The minimum Gasteiger partial charge on any atom is -0.355 e. The van der Waals surface area contributed by atoms with Crippen molar-refractivity contribution in [3.63, 3.8) is 0 Å². The molecule has 0 aliphatic rings. The van der Waals surface area contributed by atoms with Gasteiger partial charge in [-0.3, -0.25) is 4.79 Å². The second kappa shape index (κ2) is 7.01. The van der Waals surface area contributed by atoms with Gasteiger partial charge in [0.05, 0.1) is 0 Å². The van der Waals surface area contributed by atoms with Crippen molar-refractivity contribution in [1.82, 2.24) is 5.32 Å². The van der Waals surface area contributed by atoms with Crippen molar-refractivity contribution in [3.05, 3.63) is 53.6 Å². The van der Waals surface area contributed by atoms with E-state index in [9.17, 15) is 14.6 Å². The molecule has 2 aromatic carbocycles. The molecule has 0 aliphatic carbocycles. The van der Waals surface area contributed by atoms with Crippen molar-refractivity contribution < 1.29 is 14.6 Å². The van der Waals surface area contributed by atoms with Crippen LogP contribution in [0.1, 0.15) is 11.1 Å². The SMILES string of the molecule is C#Cc1ccc(CNC=O)c(-c2ccc(P(O)O)cc2)c1. The van der Waals surface area contributed by atoms with E-state index in [1.54, 1.807) is 24.3 Å². The van der Waals surface area contributed by atoms with Crippen LogP contribution in [0, 0.1) is 12.3 Å². The van der Waals surface area contributed by atoms with E-state index in [1.807, 2.05) is 18.2 Å². The number of rotatable bonds is 5. The molecule has 2 rings (SSSR count). The van der Waals surface area contributed by atoms with Gasteiger partial charge in [0.25, 0.3) is 0 Å². The fourth-order valence-electron chi connectivity index (χ4n) is 2.02. The molecule has 3 N–H and O–H groups in total. The van der Waals surface area contributed by atoms with Gasteiger partial charge in [-0.2, -0.15) is 0 Å². The third-order valence-corrected chi connectivity index (χ3v) is 3.82. The Kier molecular flexibility index (Phi) is 5.08. The van der Waals surface area contributed by atoms with Crippen molar-refractivity contribution in [3.8, 4) is 23.5 Å². The maximum atomic E-state index is 10.5. The summed E-state index contributed by atoms with van der Waals surface area (Å²) in [4.78, 5) is 28.8. The number of nitrogens with one attached hydrogen (secondary N) is 1. The van der Waals surface area contributed by atoms with Gasteiger partial charge in [0, 0.05) is 17.4 Å². The lowest BCUT2D eigenvalue weighted by Crippen LogP contribution is -2.10. The number of benzene rings is 2. The topological polar surface area (TPSA) is 69.6 Å². The molecule has 2 aromatic rings. The number of carbonyl (C=O) groups is 1. The zero-order valence-electron chi connectivity index (χ0n) is 11.2. The lowest BCUT2D eigenvalue weighted by atomic mass is 9.97. The third kappa shape index (κ3) is 3.68. The Morgan fingerprint density at radius 2 is 1.90 bits per heavy atom. The summed E-state index contributed by atoms with van der Waals surface area (Å²) in [7, 11) is -2.09. The summed E-state index contributed by atoms with van der Waals surface area (Å²) < 4.78 is 0. The van der Waals surface area contributed by atoms with Crippen molar-refractivity contribution in [2.24, 2.45) is 0 Å². The monoisotopic (exact) mass is 299 g/mol. The maximum Gasteiger partial charge on any atom is 0.207 e. The molecule has 0 bridgehead atoms. The van der Waals surface area contributed by atoms with E-state index >= 15 is 0 Å². The molecule has 0 aliphatic heterocycles. The maximum absolute atomic E-state index is 10.5. The molecular formula is C16H14NO3P. The molecular weight excluding hydrogens is 285 g/mol. The van der Waals surface area contributed by atoms with E-state index in [0.29, 0.717) is 18.3 Å². The van der Waals surface area contributed by atoms with Crippen LogP contribution >= 0.6 is 8.38 Å². The first kappa shape index (κ1) is 15.2. The largest absolute Gasteiger partial charge is 0.355 e. The molecule has 4 nitrogen and oxygen atoms in total. The summed E-state index contributed by atoms with van der Waals surface area (Å²) in [5.41, 5.74) is 3.49. The number of hydrogen-bond acceptors (Lipinski definition) is 3. The van der Waals surface area contributed by atoms with E-state index in [1.165, 1.54) is 0 Å². The summed E-state index contributed by atoms with van der Waals surface area (Å²) in [6.07, 6.45) is 6.07. The molecule has 0 heterocycles. The van der Waals surface area contributed by atoms with Crippen LogP contribution in [0.25, 0.3) is 11.1 Å². The van der Waals surface area contributed by atoms with Gasteiger partial charge in [-0.15, -0.1) is 6.42 Å². The number of hydrogen-bond donors (Lipinski definition) is 3. The van der Waals surface area contributed by atoms with Gasteiger partial charge >= 0.3 is 0 Å². The molecule has 0 saturated heterocycles. The van der Waals surface area contributed by atoms with Crippen molar-refractivity contribution >= 4 is 20.1 Å². The van der Waals surface area contributed by atoms with E-state index in [2.05, 4.69) is 11.2 Å². The molecule has 0 saturated carbocycles. The zero-order chi connectivity index (χ0) is 15.2. The van der Waals surface area contributed by atoms with E-state index in [4.69, 9.17) is 6.42 Å². The molecule has 0 atom stereocenters. The second-order valence-electron chi connectivity index (χ2n) is 4.35. The molecule has 21 heavy (non-hydrogen) atoms. The fourth-order valence-corrected chi connectivity index (χ4v) is 2.43. The third-order valence-electron chi connectivity index (χ3n) is 3.06. The van der Waals surface area contributed by atoms with Crippen LogP contribution in [-0.2, 0) is 11.3 Å². The Morgan fingerprint density at radius 1 is 1.19 bits per heavy atom. The van der Waals surface area contributed by atoms with Crippen LogP contribution in [-0.4, -0.2) is 16.2 Å². The highest BCUT2D eigenvalue weighted by molar-refractivity contribution is 7.54. The lowest BCUT2D eigenvalue weighted by Gasteiger charge is -2.11. The van der Waals surface area contributed by atoms with E-state index in [0.717, 1.165) is 22.3 Å². The van der Waals surface area contributed by atoms with Crippen LogP contribution < -0.4 is 10.6 Å². The van der Waals surface area contributed by atoms with Gasteiger partial charge in [-0.05, 0) is 41.0 Å². The van der Waals surface area contributed by atoms with Crippen LogP contribution in [0.15, 0.2) is 42.5 Å². The quantitative estimate of drug-likeness (QED) is 0.445. The fraction of sp³-hybridized carbons (Fsp3) is 0.0625. The number of carbonyl (C=O) groups excluding carboxylic acids is 1. The Hall–Kier alpha value is -2.18. The highest BCUT2D eigenvalue weighted by atomic mass is 31.2. The first-order chi connectivity index (χ1) is 10.2. The van der Waals surface area contributed by atoms with Crippen LogP contribution in [0.5, 0.6) is 0 Å². The Balaban J connectivity index is 2.44. The highest BCUT2D eigenvalue weighted by Gasteiger charge is 2.08. The van der Waals surface area contributed by atoms with Gasteiger partial charge in [0.2, 0.25) is 6.41 Å². The molecule has 0 unspecified atom stereocenters. The van der Waals surface area contributed by atoms with Gasteiger partial charge in [-0.1, -0.05) is 24.1 Å². The summed E-state index contributed by atoms with van der Waals surface area (Å²) in [6.45, 7) is 0.401. The Labute approximate surface area is 124 Å². The molecule has 5 heteroatoms. The minimum absolute atomic E-state index is 0.401. The normalized spacial score (nSPS) is 10.2. The summed E-state index contributed by atoms with van der Waals surface area (Å²) >= 11 is 0. The predicted octanol–water partition coefficient (Wildman–Crippen LogP) is 1.50. The average molecular weight is 299 g/mol. The van der Waals surface area contributed by atoms with Gasteiger partial charge in [-0.25, -0.2) is 0 Å². The second-order valence-corrected chi connectivity index (χ2v) is 5.45. The zero-order valence-corrected chi connectivity index (χ0v) is 12.0.